The van der Waals surface area contributed by atoms with Gasteiger partial charge in [-0.3, -0.25) is 4.79 Å². The molecule has 1 heterocycles. The molecule has 1 amide bonds. The van der Waals surface area contributed by atoms with E-state index >= 15 is 0 Å². The van der Waals surface area contributed by atoms with Gasteiger partial charge in [0.25, 0.3) is 5.91 Å². The normalized spacial score (nSPS) is 19.5. The molecular weight excluding hydrogens is 166 g/mol. The van der Waals surface area contributed by atoms with Crippen molar-refractivity contribution < 1.29 is 9.53 Å². The van der Waals surface area contributed by atoms with E-state index in [1.807, 2.05) is 18.2 Å². The van der Waals surface area contributed by atoms with Crippen molar-refractivity contribution in [2.75, 3.05) is 13.2 Å². The molecule has 1 aliphatic heterocycles. The van der Waals surface area contributed by atoms with Crippen molar-refractivity contribution in [3.63, 3.8) is 0 Å². The summed E-state index contributed by atoms with van der Waals surface area (Å²) >= 11 is 0. The lowest BCUT2D eigenvalue weighted by Crippen LogP contribution is -2.27. The first kappa shape index (κ1) is 8.26. The van der Waals surface area contributed by atoms with Crippen molar-refractivity contribution in [1.29, 1.82) is 0 Å². The van der Waals surface area contributed by atoms with Gasteiger partial charge in [-0.25, -0.2) is 0 Å². The van der Waals surface area contributed by atoms with Gasteiger partial charge in [-0.15, -0.1) is 0 Å². The summed E-state index contributed by atoms with van der Waals surface area (Å²) in [4.78, 5) is 11.4. The van der Waals surface area contributed by atoms with Crippen LogP contribution in [0.15, 0.2) is 30.3 Å². The van der Waals surface area contributed by atoms with Crippen LogP contribution in [0.4, 0.5) is 0 Å². The summed E-state index contributed by atoms with van der Waals surface area (Å²) in [5.74, 6) is -0.0314. The number of nitrogens with one attached hydrogen (secondary N) is 1. The van der Waals surface area contributed by atoms with Crippen LogP contribution >= 0.6 is 0 Å². The molecule has 3 nitrogen and oxygen atoms in total. The van der Waals surface area contributed by atoms with E-state index in [1.165, 1.54) is 0 Å². The van der Waals surface area contributed by atoms with Gasteiger partial charge in [-0.2, -0.15) is 0 Å². The summed E-state index contributed by atoms with van der Waals surface area (Å²) in [5, 5.41) is 2.80. The molecule has 0 bridgehead atoms. The number of carbonyl (C=O) groups excluding carboxylic acids is 1. The zero-order valence-electron chi connectivity index (χ0n) is 7.19. The Morgan fingerprint density at radius 2 is 2.15 bits per heavy atom. The molecule has 3 heteroatoms. The lowest BCUT2D eigenvalue weighted by Gasteiger charge is -2.01. The molecule has 0 spiro atoms. The maximum atomic E-state index is 11.4. The Morgan fingerprint density at radius 3 is 2.77 bits per heavy atom. The Balaban J connectivity index is 1.89. The molecule has 2 rings (SSSR count). The van der Waals surface area contributed by atoms with Gasteiger partial charge in [0.15, 0.2) is 0 Å². The molecule has 0 radical (unpaired) electrons. The monoisotopic (exact) mass is 177 g/mol. The summed E-state index contributed by atoms with van der Waals surface area (Å²) in [6, 6.07) is 9.18. The first-order valence-electron chi connectivity index (χ1n) is 4.31. The zero-order chi connectivity index (χ0) is 9.10. The second-order valence-electron chi connectivity index (χ2n) is 3.03. The number of hydrogen-bond donors (Lipinski definition) is 1. The Bertz CT molecular complexity index is 293. The highest BCUT2D eigenvalue weighted by Gasteiger charge is 2.22. The number of ether oxygens (including phenoxy) is 1. The lowest BCUT2D eigenvalue weighted by atomic mass is 10.2. The summed E-state index contributed by atoms with van der Waals surface area (Å²) < 4.78 is 4.98. The predicted molar refractivity (Wildman–Crippen MR) is 48.5 cm³/mol. The summed E-state index contributed by atoms with van der Waals surface area (Å²) in [6.07, 6.45) is 0.243. The van der Waals surface area contributed by atoms with E-state index < -0.39 is 0 Å². The Kier molecular flexibility index (Phi) is 2.27. The maximum Gasteiger partial charge on any atom is 0.251 e. The predicted octanol–water partition coefficient (Wildman–Crippen LogP) is 0.815. The van der Waals surface area contributed by atoms with Crippen molar-refractivity contribution in [1.82, 2.24) is 5.32 Å². The Hall–Kier alpha value is -1.35. The highest BCUT2D eigenvalue weighted by atomic mass is 16.6. The second-order valence-corrected chi connectivity index (χ2v) is 3.03. The zero-order valence-corrected chi connectivity index (χ0v) is 7.19. The van der Waals surface area contributed by atoms with Gasteiger partial charge >= 0.3 is 0 Å². The van der Waals surface area contributed by atoms with E-state index in [4.69, 9.17) is 4.74 Å². The molecule has 1 saturated heterocycles. The average molecular weight is 177 g/mol. The quantitative estimate of drug-likeness (QED) is 0.694. The molecule has 1 aromatic carbocycles. The third kappa shape index (κ3) is 2.29. The van der Waals surface area contributed by atoms with Gasteiger partial charge < -0.3 is 10.1 Å². The average Bonchev–Trinajstić information content (AvgIpc) is 2.99. The van der Waals surface area contributed by atoms with Crippen molar-refractivity contribution in [3.8, 4) is 0 Å². The molecular formula is C10H11NO2. The van der Waals surface area contributed by atoms with Crippen LogP contribution < -0.4 is 5.32 Å². The summed E-state index contributed by atoms with van der Waals surface area (Å²) in [5.41, 5.74) is 0.697. The van der Waals surface area contributed by atoms with Crippen LogP contribution in [0.5, 0.6) is 0 Å². The molecule has 68 valence electrons. The van der Waals surface area contributed by atoms with Crippen LogP contribution in [0.1, 0.15) is 10.4 Å². The molecule has 1 atom stereocenters. The van der Waals surface area contributed by atoms with Crippen LogP contribution in [0.3, 0.4) is 0 Å². The van der Waals surface area contributed by atoms with Crippen molar-refractivity contribution >= 4 is 5.91 Å². The summed E-state index contributed by atoms with van der Waals surface area (Å²) in [6.45, 7) is 1.39. The Morgan fingerprint density at radius 1 is 1.46 bits per heavy atom. The molecule has 1 unspecified atom stereocenters. The fourth-order valence-electron chi connectivity index (χ4n) is 1.08. The third-order valence-corrected chi connectivity index (χ3v) is 1.93. The molecule has 1 aromatic rings. The minimum atomic E-state index is -0.0314. The van der Waals surface area contributed by atoms with Gasteiger partial charge in [0, 0.05) is 12.1 Å². The number of hydrogen-bond acceptors (Lipinski definition) is 2. The van der Waals surface area contributed by atoms with Gasteiger partial charge in [-0.05, 0) is 12.1 Å². The SMILES string of the molecule is O=C(NCC1CO1)c1ccccc1. The van der Waals surface area contributed by atoms with Crippen LogP contribution in [-0.4, -0.2) is 25.2 Å². The van der Waals surface area contributed by atoms with E-state index in [1.54, 1.807) is 12.1 Å². The number of epoxide rings is 1. The number of rotatable bonds is 3. The van der Waals surface area contributed by atoms with Gasteiger partial charge in [0.2, 0.25) is 0 Å². The molecule has 0 aliphatic carbocycles. The molecule has 1 N–H and O–H groups in total. The maximum absolute atomic E-state index is 11.4. The highest BCUT2D eigenvalue weighted by Crippen LogP contribution is 2.06. The van der Waals surface area contributed by atoms with Crippen molar-refractivity contribution in [2.24, 2.45) is 0 Å². The number of benzene rings is 1. The van der Waals surface area contributed by atoms with E-state index in [-0.39, 0.29) is 12.0 Å². The minimum absolute atomic E-state index is 0.0314. The highest BCUT2D eigenvalue weighted by molar-refractivity contribution is 5.94. The van der Waals surface area contributed by atoms with Crippen LogP contribution in [0.2, 0.25) is 0 Å². The van der Waals surface area contributed by atoms with Crippen molar-refractivity contribution in [2.45, 2.75) is 6.10 Å². The fourth-order valence-corrected chi connectivity index (χ4v) is 1.08. The van der Waals surface area contributed by atoms with Crippen LogP contribution in [-0.2, 0) is 4.74 Å². The standard InChI is InChI=1S/C10H11NO2/c12-10(11-6-9-7-13-9)8-4-2-1-3-5-8/h1-5,9H,6-7H2,(H,11,12). The first-order valence-corrected chi connectivity index (χ1v) is 4.31. The smallest absolute Gasteiger partial charge is 0.251 e. The Labute approximate surface area is 76.7 Å². The molecule has 1 fully saturated rings. The van der Waals surface area contributed by atoms with E-state index in [0.717, 1.165) is 6.61 Å². The number of amides is 1. The molecule has 0 saturated carbocycles. The second kappa shape index (κ2) is 3.58. The van der Waals surface area contributed by atoms with Gasteiger partial charge in [-0.1, -0.05) is 18.2 Å². The van der Waals surface area contributed by atoms with E-state index in [2.05, 4.69) is 5.32 Å². The topological polar surface area (TPSA) is 41.6 Å². The first-order chi connectivity index (χ1) is 6.36. The third-order valence-electron chi connectivity index (χ3n) is 1.93. The number of carbonyl (C=O) groups is 1. The largest absolute Gasteiger partial charge is 0.371 e. The van der Waals surface area contributed by atoms with E-state index in [0.29, 0.717) is 12.1 Å². The van der Waals surface area contributed by atoms with Crippen molar-refractivity contribution in [3.05, 3.63) is 35.9 Å². The summed E-state index contributed by atoms with van der Waals surface area (Å²) in [7, 11) is 0. The van der Waals surface area contributed by atoms with Gasteiger partial charge in [0.1, 0.15) is 0 Å². The van der Waals surface area contributed by atoms with Crippen LogP contribution in [0.25, 0.3) is 0 Å². The fraction of sp³-hybridized carbons (Fsp3) is 0.300. The molecule has 13 heavy (non-hydrogen) atoms. The van der Waals surface area contributed by atoms with Gasteiger partial charge in [0.05, 0.1) is 12.7 Å². The minimum Gasteiger partial charge on any atom is -0.371 e. The molecule has 1 aliphatic rings. The van der Waals surface area contributed by atoms with Crippen LogP contribution in [0, 0.1) is 0 Å². The molecule has 0 aromatic heterocycles. The lowest BCUT2D eigenvalue weighted by molar-refractivity contribution is 0.0950. The van der Waals surface area contributed by atoms with E-state index in [9.17, 15) is 4.79 Å².